The molecule has 3 nitrogen and oxygen atoms in total. The van der Waals surface area contributed by atoms with Gasteiger partial charge in [0.1, 0.15) is 0 Å². The standard InChI is InChI=1S/C17H22N2OS/c1-12(2)13(3)19(15-6-7-15)17(20)11-21-16-8-4-14(10-18)5-9-16/h4-5,8-9,12-13,15H,6-7,11H2,1-3H3. The molecule has 4 heteroatoms. The van der Waals surface area contributed by atoms with Gasteiger partial charge in [0.2, 0.25) is 5.91 Å². The maximum absolute atomic E-state index is 12.5. The topological polar surface area (TPSA) is 44.1 Å². The van der Waals surface area contributed by atoms with Crippen LogP contribution in [0.1, 0.15) is 39.2 Å². The molecular formula is C17H22N2OS. The van der Waals surface area contributed by atoms with Crippen molar-refractivity contribution in [2.75, 3.05) is 5.75 Å². The molecule has 1 fully saturated rings. The van der Waals surface area contributed by atoms with Crippen molar-refractivity contribution >= 4 is 17.7 Å². The molecule has 0 spiro atoms. The quantitative estimate of drug-likeness (QED) is 0.753. The molecule has 1 amide bonds. The molecule has 21 heavy (non-hydrogen) atoms. The summed E-state index contributed by atoms with van der Waals surface area (Å²) in [6.45, 7) is 6.48. The van der Waals surface area contributed by atoms with Crippen molar-refractivity contribution in [1.82, 2.24) is 4.90 Å². The average Bonchev–Trinajstić information content (AvgIpc) is 3.30. The maximum atomic E-state index is 12.5. The summed E-state index contributed by atoms with van der Waals surface area (Å²) in [6.07, 6.45) is 2.29. The predicted octanol–water partition coefficient (Wildman–Crippen LogP) is 3.69. The zero-order chi connectivity index (χ0) is 15.4. The van der Waals surface area contributed by atoms with Gasteiger partial charge in [-0.3, -0.25) is 4.79 Å². The van der Waals surface area contributed by atoms with Crippen LogP contribution in [0.3, 0.4) is 0 Å². The van der Waals surface area contributed by atoms with Crippen molar-refractivity contribution in [1.29, 1.82) is 5.26 Å². The minimum atomic E-state index is 0.230. The van der Waals surface area contributed by atoms with Crippen LogP contribution in [-0.4, -0.2) is 28.6 Å². The SMILES string of the molecule is CC(C)C(C)N(C(=O)CSc1ccc(C#N)cc1)C1CC1. The third kappa shape index (κ3) is 4.25. The number of nitrogens with zero attached hydrogens (tertiary/aromatic N) is 2. The number of thioether (sulfide) groups is 1. The van der Waals surface area contributed by atoms with E-state index in [1.165, 1.54) is 0 Å². The first kappa shape index (κ1) is 15.9. The van der Waals surface area contributed by atoms with E-state index in [2.05, 4.69) is 31.7 Å². The van der Waals surface area contributed by atoms with E-state index in [9.17, 15) is 4.79 Å². The van der Waals surface area contributed by atoms with Gasteiger partial charge < -0.3 is 4.90 Å². The highest BCUT2D eigenvalue weighted by Crippen LogP contribution is 2.32. The van der Waals surface area contributed by atoms with Crippen LogP contribution in [0.4, 0.5) is 0 Å². The highest BCUT2D eigenvalue weighted by atomic mass is 32.2. The number of carbonyl (C=O) groups is 1. The summed E-state index contributed by atoms with van der Waals surface area (Å²) in [5.41, 5.74) is 0.652. The smallest absolute Gasteiger partial charge is 0.233 e. The summed E-state index contributed by atoms with van der Waals surface area (Å²) in [4.78, 5) is 15.6. The van der Waals surface area contributed by atoms with Crippen molar-refractivity contribution in [2.45, 2.75) is 50.6 Å². The third-order valence-corrected chi connectivity index (χ3v) is 4.97. The average molecular weight is 302 g/mol. The van der Waals surface area contributed by atoms with E-state index < -0.39 is 0 Å². The van der Waals surface area contributed by atoms with Crippen LogP contribution in [0.2, 0.25) is 0 Å². The molecule has 1 aromatic rings. The van der Waals surface area contributed by atoms with Gasteiger partial charge >= 0.3 is 0 Å². The Hall–Kier alpha value is -1.47. The molecule has 1 saturated carbocycles. The maximum Gasteiger partial charge on any atom is 0.233 e. The van der Waals surface area contributed by atoms with Crippen molar-refractivity contribution in [3.05, 3.63) is 29.8 Å². The Labute approximate surface area is 131 Å². The summed E-state index contributed by atoms with van der Waals surface area (Å²) < 4.78 is 0. The molecule has 0 aliphatic heterocycles. The zero-order valence-corrected chi connectivity index (χ0v) is 13.7. The van der Waals surface area contributed by atoms with Crippen LogP contribution in [-0.2, 0) is 4.79 Å². The van der Waals surface area contributed by atoms with E-state index in [0.717, 1.165) is 17.7 Å². The Morgan fingerprint density at radius 2 is 1.95 bits per heavy atom. The van der Waals surface area contributed by atoms with Gasteiger partial charge in [-0.15, -0.1) is 11.8 Å². The van der Waals surface area contributed by atoms with Gasteiger partial charge in [0.05, 0.1) is 17.4 Å². The molecule has 1 unspecified atom stereocenters. The van der Waals surface area contributed by atoms with Crippen LogP contribution in [0.5, 0.6) is 0 Å². The number of hydrogen-bond acceptors (Lipinski definition) is 3. The Morgan fingerprint density at radius 1 is 1.33 bits per heavy atom. The number of amides is 1. The van der Waals surface area contributed by atoms with Crippen molar-refractivity contribution in [3.8, 4) is 6.07 Å². The number of carbonyl (C=O) groups excluding carboxylic acids is 1. The molecule has 1 aliphatic rings. The first-order valence-electron chi connectivity index (χ1n) is 7.47. The largest absolute Gasteiger partial charge is 0.336 e. The molecule has 112 valence electrons. The number of nitriles is 1. The number of rotatable bonds is 6. The molecule has 0 N–H and O–H groups in total. The number of hydrogen-bond donors (Lipinski definition) is 0. The van der Waals surface area contributed by atoms with Crippen molar-refractivity contribution in [2.24, 2.45) is 5.92 Å². The van der Waals surface area contributed by atoms with Gasteiger partial charge in [-0.1, -0.05) is 13.8 Å². The highest BCUT2D eigenvalue weighted by molar-refractivity contribution is 8.00. The lowest BCUT2D eigenvalue weighted by atomic mass is 10.0. The second-order valence-corrected chi connectivity index (χ2v) is 6.99. The Morgan fingerprint density at radius 3 is 2.43 bits per heavy atom. The van der Waals surface area contributed by atoms with E-state index >= 15 is 0 Å². The van der Waals surface area contributed by atoms with Crippen LogP contribution in [0, 0.1) is 17.2 Å². The van der Waals surface area contributed by atoms with Gasteiger partial charge in [-0.05, 0) is 49.9 Å². The lowest BCUT2D eigenvalue weighted by molar-refractivity contribution is -0.131. The molecule has 0 radical (unpaired) electrons. The van der Waals surface area contributed by atoms with Crippen LogP contribution >= 0.6 is 11.8 Å². The van der Waals surface area contributed by atoms with Gasteiger partial charge in [0.15, 0.2) is 0 Å². The van der Waals surface area contributed by atoms with Crippen LogP contribution in [0.15, 0.2) is 29.2 Å². The highest BCUT2D eigenvalue weighted by Gasteiger charge is 2.36. The first-order valence-corrected chi connectivity index (χ1v) is 8.45. The van der Waals surface area contributed by atoms with E-state index in [1.807, 2.05) is 12.1 Å². The van der Waals surface area contributed by atoms with E-state index in [1.54, 1.807) is 23.9 Å². The molecule has 0 bridgehead atoms. The molecular weight excluding hydrogens is 280 g/mol. The van der Waals surface area contributed by atoms with Crippen molar-refractivity contribution in [3.63, 3.8) is 0 Å². The molecule has 0 aromatic heterocycles. The fourth-order valence-electron chi connectivity index (χ4n) is 2.28. The summed E-state index contributed by atoms with van der Waals surface area (Å²) in [7, 11) is 0. The predicted molar refractivity (Wildman–Crippen MR) is 86.0 cm³/mol. The minimum Gasteiger partial charge on any atom is -0.336 e. The van der Waals surface area contributed by atoms with Crippen LogP contribution in [0.25, 0.3) is 0 Å². The molecule has 1 aromatic carbocycles. The van der Waals surface area contributed by atoms with Crippen molar-refractivity contribution < 1.29 is 4.79 Å². The summed E-state index contributed by atoms with van der Waals surface area (Å²) in [6, 6.07) is 10.3. The molecule has 0 heterocycles. The molecule has 0 saturated heterocycles. The Balaban J connectivity index is 1.94. The minimum absolute atomic E-state index is 0.230. The van der Waals surface area contributed by atoms with E-state index in [-0.39, 0.29) is 5.91 Å². The van der Waals surface area contributed by atoms with Gasteiger partial charge in [0.25, 0.3) is 0 Å². The second-order valence-electron chi connectivity index (χ2n) is 5.94. The zero-order valence-electron chi connectivity index (χ0n) is 12.9. The summed E-state index contributed by atoms with van der Waals surface area (Å²) in [5, 5.41) is 8.78. The van der Waals surface area contributed by atoms with E-state index in [0.29, 0.717) is 29.3 Å². The fraction of sp³-hybridized carbons (Fsp3) is 0.529. The van der Waals surface area contributed by atoms with Crippen LogP contribution < -0.4 is 0 Å². The molecule has 1 atom stereocenters. The monoisotopic (exact) mass is 302 g/mol. The normalized spacial score (nSPS) is 15.6. The molecule has 1 aliphatic carbocycles. The second kappa shape index (κ2) is 7.00. The molecule has 2 rings (SSSR count). The third-order valence-electron chi connectivity index (χ3n) is 3.98. The lowest BCUT2D eigenvalue weighted by Gasteiger charge is -2.32. The summed E-state index contributed by atoms with van der Waals surface area (Å²) in [5.74, 6) is 1.18. The van der Waals surface area contributed by atoms with E-state index in [4.69, 9.17) is 5.26 Å². The Kier molecular flexibility index (Phi) is 5.30. The lowest BCUT2D eigenvalue weighted by Crippen LogP contribution is -2.44. The fourth-order valence-corrected chi connectivity index (χ4v) is 3.05. The van der Waals surface area contributed by atoms with Gasteiger partial charge in [-0.2, -0.15) is 5.26 Å². The summed E-state index contributed by atoms with van der Waals surface area (Å²) >= 11 is 1.55. The number of benzene rings is 1. The Bertz CT molecular complexity index is 529. The van der Waals surface area contributed by atoms with Gasteiger partial charge in [0, 0.05) is 17.0 Å². The first-order chi connectivity index (χ1) is 10.0. The van der Waals surface area contributed by atoms with Gasteiger partial charge in [-0.25, -0.2) is 0 Å².